The summed E-state index contributed by atoms with van der Waals surface area (Å²) in [6.07, 6.45) is -0.582. The largest absolute Gasteiger partial charge is 0.451 e. The molecule has 3 rings (SSSR count). The van der Waals surface area contributed by atoms with Gasteiger partial charge in [0.15, 0.2) is 17.4 Å². The second-order valence-electron chi connectivity index (χ2n) is 7.72. The van der Waals surface area contributed by atoms with Gasteiger partial charge in [0.2, 0.25) is 0 Å². The lowest BCUT2D eigenvalue weighted by Crippen LogP contribution is -2.38. The zero-order valence-electron chi connectivity index (χ0n) is 19.7. The molecule has 3 aromatic carbocycles. The van der Waals surface area contributed by atoms with Gasteiger partial charge < -0.3 is 14.4 Å². The van der Waals surface area contributed by atoms with E-state index < -0.39 is 29.4 Å². The maximum atomic E-state index is 14.7. The second-order valence-corrected chi connectivity index (χ2v) is 9.33. The number of ether oxygens (including phenoxy) is 2. The van der Waals surface area contributed by atoms with Crippen LogP contribution in [0, 0.1) is 11.6 Å². The smallest absolute Gasteiger partial charge is 0.409 e. The van der Waals surface area contributed by atoms with E-state index >= 15 is 0 Å². The fraction of sp³-hybridized carbons (Fsp3) is 0.200. The first-order valence-corrected chi connectivity index (χ1v) is 12.1. The molecule has 0 aromatic heterocycles. The van der Waals surface area contributed by atoms with Crippen LogP contribution < -0.4 is 10.2 Å². The molecule has 37 heavy (non-hydrogen) atoms. The van der Waals surface area contributed by atoms with Crippen molar-refractivity contribution in [2.75, 3.05) is 26.7 Å². The Morgan fingerprint density at radius 3 is 2.30 bits per heavy atom. The molecule has 0 bridgehead atoms. The lowest BCUT2D eigenvalue weighted by atomic mass is 10.2. The third kappa shape index (κ3) is 8.90. The van der Waals surface area contributed by atoms with Gasteiger partial charge in [0.25, 0.3) is 5.91 Å². The Bertz CT molecular complexity index is 1180. The van der Waals surface area contributed by atoms with E-state index in [9.17, 15) is 18.4 Å². The number of likely N-dealkylation sites (N-methyl/N-ethyl adjacent to an activating group) is 1. The van der Waals surface area contributed by atoms with Gasteiger partial charge in [-0.15, -0.1) is 0 Å². The zero-order chi connectivity index (χ0) is 26.8. The minimum absolute atomic E-state index is 0.0956. The molecule has 0 radical (unpaired) electrons. The van der Waals surface area contributed by atoms with E-state index in [1.807, 2.05) is 30.3 Å². The van der Waals surface area contributed by atoms with Crippen molar-refractivity contribution < 1.29 is 33.1 Å². The topological polar surface area (TPSA) is 91.3 Å². The monoisotopic (exact) mass is 551 g/mol. The summed E-state index contributed by atoms with van der Waals surface area (Å²) < 4.78 is 41.4. The fourth-order valence-electron chi connectivity index (χ4n) is 2.99. The summed E-state index contributed by atoms with van der Waals surface area (Å²) in [5, 5.41) is 9.36. The summed E-state index contributed by atoms with van der Waals surface area (Å²) in [6, 6.07) is 17.3. The molecule has 3 aromatic rings. The molecular formula is C25H24ClF2N3O5S. The number of hydrogen-bond acceptors (Lipinski definition) is 7. The van der Waals surface area contributed by atoms with E-state index in [2.05, 4.69) is 0 Å². The highest BCUT2D eigenvalue weighted by atomic mass is 35.5. The van der Waals surface area contributed by atoms with E-state index in [0.717, 1.165) is 29.6 Å². The number of hydrogen-bond donors (Lipinski definition) is 2. The van der Waals surface area contributed by atoms with Gasteiger partial charge in [-0.1, -0.05) is 41.9 Å². The quantitative estimate of drug-likeness (QED) is 0.185. The molecule has 2 N–H and O–H groups in total. The van der Waals surface area contributed by atoms with Crippen LogP contribution in [0.4, 0.5) is 13.6 Å². The van der Waals surface area contributed by atoms with Crippen molar-refractivity contribution in [3.63, 3.8) is 0 Å². The molecular weight excluding hydrogens is 528 g/mol. The van der Waals surface area contributed by atoms with Crippen LogP contribution in [0.1, 0.15) is 5.56 Å². The molecule has 0 aliphatic heterocycles. The fourth-order valence-corrected chi connectivity index (χ4v) is 4.08. The van der Waals surface area contributed by atoms with E-state index in [4.69, 9.17) is 26.3 Å². The molecule has 0 heterocycles. The Balaban J connectivity index is 1.62. The van der Waals surface area contributed by atoms with Crippen LogP contribution in [0.2, 0.25) is 5.02 Å². The van der Waals surface area contributed by atoms with Crippen LogP contribution in [0.25, 0.3) is 0 Å². The normalized spacial score (nSPS) is 10.8. The maximum absolute atomic E-state index is 14.7. The Morgan fingerprint density at radius 2 is 1.68 bits per heavy atom. The van der Waals surface area contributed by atoms with Crippen LogP contribution in [-0.2, 0) is 16.1 Å². The molecule has 0 fully saturated rings. The van der Waals surface area contributed by atoms with Crippen LogP contribution in [-0.4, -0.2) is 53.1 Å². The maximum Gasteiger partial charge on any atom is 0.409 e. The molecule has 8 nitrogen and oxygen atoms in total. The molecule has 0 spiro atoms. The molecule has 2 amide bonds. The molecule has 12 heteroatoms. The summed E-state index contributed by atoms with van der Waals surface area (Å²) in [7, 11) is 1.52. The van der Waals surface area contributed by atoms with Crippen LogP contribution in [0.5, 0.6) is 11.5 Å². The van der Waals surface area contributed by atoms with Gasteiger partial charge in [0.1, 0.15) is 12.4 Å². The highest BCUT2D eigenvalue weighted by Crippen LogP contribution is 2.33. The summed E-state index contributed by atoms with van der Waals surface area (Å²) in [4.78, 5) is 25.5. The average Bonchev–Trinajstić information content (AvgIpc) is 2.89. The van der Waals surface area contributed by atoms with E-state index in [-0.39, 0.29) is 36.9 Å². The highest BCUT2D eigenvalue weighted by molar-refractivity contribution is 7.97. The molecule has 0 aliphatic carbocycles. The van der Waals surface area contributed by atoms with Crippen molar-refractivity contribution in [1.29, 1.82) is 0 Å². The van der Waals surface area contributed by atoms with Gasteiger partial charge >= 0.3 is 6.09 Å². The summed E-state index contributed by atoms with van der Waals surface area (Å²) in [6.45, 7) is 0.0159. The standard InChI is InChI=1S/C25H24ClF2N3O5S/c1-30(25(33)35-16-17-5-3-2-4-6-17)11-12-31(15-23(32)29-34)37-20-13-21(27)24(22(28)14-20)36-19-9-7-18(26)8-10-19/h2-10,13-14,34H,11-12,15-16H2,1H3,(H,29,32). The van der Waals surface area contributed by atoms with Crippen molar-refractivity contribution >= 4 is 35.5 Å². The first-order valence-electron chi connectivity index (χ1n) is 10.9. The van der Waals surface area contributed by atoms with E-state index in [1.165, 1.54) is 46.0 Å². The van der Waals surface area contributed by atoms with Crippen LogP contribution in [0.3, 0.4) is 0 Å². The number of nitrogens with one attached hydrogen (secondary N) is 1. The average molecular weight is 552 g/mol. The number of halogens is 3. The van der Waals surface area contributed by atoms with Crippen molar-refractivity contribution in [1.82, 2.24) is 14.7 Å². The summed E-state index contributed by atoms with van der Waals surface area (Å²) >= 11 is 6.68. The summed E-state index contributed by atoms with van der Waals surface area (Å²) in [5.74, 6) is -3.04. The first kappa shape index (κ1) is 28.2. The van der Waals surface area contributed by atoms with Gasteiger partial charge in [-0.25, -0.2) is 23.4 Å². The van der Waals surface area contributed by atoms with Crippen molar-refractivity contribution in [3.05, 3.63) is 89.0 Å². The van der Waals surface area contributed by atoms with E-state index in [1.54, 1.807) is 0 Å². The lowest BCUT2D eigenvalue weighted by Gasteiger charge is -2.24. The molecule has 0 unspecified atom stereocenters. The van der Waals surface area contributed by atoms with Gasteiger partial charge in [-0.2, -0.15) is 0 Å². The Hall–Kier alpha value is -3.38. The Morgan fingerprint density at radius 1 is 1.03 bits per heavy atom. The number of benzene rings is 3. The predicted octanol–water partition coefficient (Wildman–Crippen LogP) is 5.49. The minimum Gasteiger partial charge on any atom is -0.451 e. The van der Waals surface area contributed by atoms with Gasteiger partial charge in [0.05, 0.1) is 6.54 Å². The van der Waals surface area contributed by atoms with E-state index in [0.29, 0.717) is 5.02 Å². The molecule has 0 saturated heterocycles. The molecule has 0 saturated carbocycles. The highest BCUT2D eigenvalue weighted by Gasteiger charge is 2.19. The number of carbonyl (C=O) groups excluding carboxylic acids is 2. The minimum atomic E-state index is -0.953. The van der Waals surface area contributed by atoms with Crippen molar-refractivity contribution in [2.24, 2.45) is 0 Å². The first-order chi connectivity index (χ1) is 17.7. The number of hydroxylamine groups is 1. The molecule has 196 valence electrons. The summed E-state index contributed by atoms with van der Waals surface area (Å²) in [5.41, 5.74) is 2.34. The van der Waals surface area contributed by atoms with Crippen molar-refractivity contribution in [3.8, 4) is 11.5 Å². The third-order valence-corrected chi connectivity index (χ3v) is 6.15. The number of amides is 2. The van der Waals surface area contributed by atoms with Gasteiger partial charge in [-0.3, -0.25) is 10.0 Å². The lowest BCUT2D eigenvalue weighted by molar-refractivity contribution is -0.129. The number of carbonyl (C=O) groups is 2. The number of rotatable bonds is 11. The van der Waals surface area contributed by atoms with Crippen molar-refractivity contribution in [2.45, 2.75) is 11.5 Å². The molecule has 0 aliphatic rings. The Labute approximate surface area is 221 Å². The SMILES string of the molecule is CN(CCN(CC(=O)NO)Sc1cc(F)c(Oc2ccc(Cl)cc2)c(F)c1)C(=O)OCc1ccccc1. The van der Waals surface area contributed by atoms with Crippen LogP contribution >= 0.6 is 23.5 Å². The van der Waals surface area contributed by atoms with Gasteiger partial charge in [-0.05, 0) is 53.9 Å². The molecule has 0 atom stereocenters. The number of nitrogens with zero attached hydrogens (tertiary/aromatic N) is 2. The third-order valence-electron chi connectivity index (χ3n) is 4.89. The van der Waals surface area contributed by atoms with Gasteiger partial charge in [0, 0.05) is 30.1 Å². The predicted molar refractivity (Wildman–Crippen MR) is 135 cm³/mol. The zero-order valence-corrected chi connectivity index (χ0v) is 21.3. The Kier molecular flexibility index (Phi) is 10.5. The second kappa shape index (κ2) is 13.8. The van der Waals surface area contributed by atoms with Crippen LogP contribution in [0.15, 0.2) is 71.6 Å².